The van der Waals surface area contributed by atoms with Gasteiger partial charge in [0.2, 0.25) is 0 Å². The molecule has 1 nitrogen and oxygen atoms in total. The maximum absolute atomic E-state index is 14.0. The lowest BCUT2D eigenvalue weighted by Crippen LogP contribution is -2.39. The van der Waals surface area contributed by atoms with Crippen LogP contribution in [-0.2, 0) is 4.74 Å². The predicted molar refractivity (Wildman–Crippen MR) is 57.2 cm³/mol. The second-order valence-corrected chi connectivity index (χ2v) is 7.05. The average Bonchev–Trinajstić information content (AvgIpc) is 2.46. The number of hydrogen-bond donors (Lipinski definition) is 0. The number of ether oxygens (including phenoxy) is 1. The summed E-state index contributed by atoms with van der Waals surface area (Å²) in [6.45, 7) is 1.84. The van der Waals surface area contributed by atoms with Crippen LogP contribution in [0.1, 0.15) is 19.8 Å². The summed E-state index contributed by atoms with van der Waals surface area (Å²) in [4.78, 5) is 0. The van der Waals surface area contributed by atoms with Crippen LogP contribution in [0.15, 0.2) is 0 Å². The zero-order chi connectivity index (χ0) is 10.4. The summed E-state index contributed by atoms with van der Waals surface area (Å²) in [7, 11) is 5.51. The Morgan fingerprint density at radius 1 is 1.50 bits per heavy atom. The zero-order valence-electron chi connectivity index (χ0n) is 7.77. The van der Waals surface area contributed by atoms with Crippen molar-refractivity contribution in [1.82, 2.24) is 0 Å². The molecule has 2 saturated carbocycles. The lowest BCUT2D eigenvalue weighted by Gasteiger charge is -2.26. The summed E-state index contributed by atoms with van der Waals surface area (Å²) in [6.07, 6.45) is -0.859. The molecule has 0 aromatic carbocycles. The van der Waals surface area contributed by atoms with E-state index in [1.165, 1.54) is 0 Å². The number of hydrogen-bond acceptors (Lipinski definition) is 1. The van der Waals surface area contributed by atoms with Gasteiger partial charge in [-0.15, -0.1) is 0 Å². The van der Waals surface area contributed by atoms with Gasteiger partial charge in [-0.3, -0.25) is 0 Å². The summed E-state index contributed by atoms with van der Waals surface area (Å²) >= 11 is 2.00. The molecule has 3 fully saturated rings. The maximum Gasteiger partial charge on any atom is 0.135 e. The first kappa shape index (κ1) is 9.81. The van der Waals surface area contributed by atoms with Gasteiger partial charge < -0.3 is 4.74 Å². The quantitative estimate of drug-likeness (QED) is 0.377. The van der Waals surface area contributed by atoms with Crippen molar-refractivity contribution in [2.45, 2.75) is 47.1 Å². The molecule has 1 heterocycles. The van der Waals surface area contributed by atoms with E-state index in [1.54, 1.807) is 0 Å². The van der Waals surface area contributed by atoms with Gasteiger partial charge in [0.1, 0.15) is 19.7 Å². The van der Waals surface area contributed by atoms with Crippen molar-refractivity contribution in [3.63, 3.8) is 0 Å². The van der Waals surface area contributed by atoms with Gasteiger partial charge >= 0.3 is 0 Å². The first-order valence-corrected chi connectivity index (χ1v) is 5.84. The fourth-order valence-corrected chi connectivity index (χ4v) is 4.98. The molecule has 1 saturated heterocycles. The Hall–Kier alpha value is 0.615. The van der Waals surface area contributed by atoms with Gasteiger partial charge in [-0.2, -0.15) is 0 Å². The first-order chi connectivity index (χ1) is 6.33. The molecular formula is C9H10BF2IO. The highest BCUT2D eigenvalue weighted by Gasteiger charge is 2.83. The zero-order valence-corrected chi connectivity index (χ0v) is 9.92. The van der Waals surface area contributed by atoms with Crippen LogP contribution in [-0.4, -0.2) is 35.2 Å². The number of halogens is 3. The van der Waals surface area contributed by atoms with Gasteiger partial charge in [0.15, 0.2) is 0 Å². The summed E-state index contributed by atoms with van der Waals surface area (Å²) in [5.41, 5.74) is -1.70. The van der Waals surface area contributed by atoms with E-state index in [1.807, 2.05) is 29.5 Å². The van der Waals surface area contributed by atoms with Crippen molar-refractivity contribution in [2.75, 3.05) is 0 Å². The molecule has 0 N–H and O–H groups in total. The van der Waals surface area contributed by atoms with Crippen molar-refractivity contribution in [1.29, 1.82) is 0 Å². The second-order valence-electron chi connectivity index (χ2n) is 5.05. The maximum atomic E-state index is 14.0. The van der Waals surface area contributed by atoms with E-state index in [4.69, 9.17) is 12.6 Å². The molecule has 0 amide bonds. The Morgan fingerprint density at radius 2 is 2.14 bits per heavy atom. The molecule has 14 heavy (non-hydrogen) atoms. The molecule has 0 unspecified atom stereocenters. The molecule has 3 rings (SSSR count). The van der Waals surface area contributed by atoms with Crippen LogP contribution in [0.2, 0.25) is 0 Å². The third-order valence-electron chi connectivity index (χ3n) is 4.15. The van der Waals surface area contributed by atoms with Gasteiger partial charge in [0.25, 0.3) is 0 Å². The molecule has 0 bridgehead atoms. The Labute approximate surface area is 96.5 Å². The molecule has 76 valence electrons. The highest BCUT2D eigenvalue weighted by molar-refractivity contribution is 14.1. The second kappa shape index (κ2) is 2.31. The van der Waals surface area contributed by atoms with E-state index in [0.29, 0.717) is 6.42 Å². The Balaban J connectivity index is 2.02. The highest BCUT2D eigenvalue weighted by atomic mass is 127. The predicted octanol–water partition coefficient (Wildman–Crippen LogP) is 1.91. The molecule has 2 radical (unpaired) electrons. The van der Waals surface area contributed by atoms with Crippen LogP contribution < -0.4 is 0 Å². The van der Waals surface area contributed by atoms with E-state index in [9.17, 15) is 8.78 Å². The van der Waals surface area contributed by atoms with Crippen LogP contribution in [0.25, 0.3) is 0 Å². The van der Waals surface area contributed by atoms with E-state index in [2.05, 4.69) is 0 Å². The van der Waals surface area contributed by atoms with Gasteiger partial charge in [-0.05, 0) is 6.42 Å². The summed E-state index contributed by atoms with van der Waals surface area (Å²) in [5.74, 6) is 0. The third kappa shape index (κ3) is 0.818. The van der Waals surface area contributed by atoms with Crippen LogP contribution in [0.4, 0.5) is 8.78 Å². The molecule has 0 aromatic heterocycles. The molecule has 5 heteroatoms. The normalized spacial score (nSPS) is 70.4. The Morgan fingerprint density at radius 3 is 2.71 bits per heavy atom. The largest absolute Gasteiger partial charge is 0.380 e. The SMILES string of the molecule is [B][C@@H]1O[C@H]2[C@](I)(C[C@]3(F)C[C@]23C)[C@H]1F. The van der Waals surface area contributed by atoms with Crippen LogP contribution in [0.5, 0.6) is 0 Å². The highest BCUT2D eigenvalue weighted by Crippen LogP contribution is 2.76. The van der Waals surface area contributed by atoms with Crippen LogP contribution >= 0.6 is 22.6 Å². The minimum absolute atomic E-state index is 0.247. The molecule has 2 aliphatic carbocycles. The lowest BCUT2D eigenvalue weighted by molar-refractivity contribution is 0.0287. The fourth-order valence-electron chi connectivity index (χ4n) is 3.19. The topological polar surface area (TPSA) is 9.23 Å². The van der Waals surface area contributed by atoms with Crippen molar-refractivity contribution in [3.05, 3.63) is 0 Å². The smallest absolute Gasteiger partial charge is 0.135 e. The van der Waals surface area contributed by atoms with E-state index >= 15 is 0 Å². The molecule has 0 spiro atoms. The fraction of sp³-hybridized carbons (Fsp3) is 1.00. The van der Waals surface area contributed by atoms with Crippen molar-refractivity contribution in [3.8, 4) is 0 Å². The van der Waals surface area contributed by atoms with Gasteiger partial charge in [0.05, 0.1) is 9.53 Å². The van der Waals surface area contributed by atoms with Crippen molar-refractivity contribution < 1.29 is 13.5 Å². The third-order valence-corrected chi connectivity index (χ3v) is 5.69. The number of rotatable bonds is 0. The number of fused-ring (bicyclic) bond motifs is 3. The monoisotopic (exact) mass is 310 g/mol. The van der Waals surface area contributed by atoms with Gasteiger partial charge in [0, 0.05) is 17.8 Å². The molecular weight excluding hydrogens is 300 g/mol. The first-order valence-electron chi connectivity index (χ1n) is 4.76. The van der Waals surface area contributed by atoms with Crippen LogP contribution in [0, 0.1) is 5.41 Å². The Kier molecular flexibility index (Phi) is 1.62. The van der Waals surface area contributed by atoms with E-state index in [0.717, 1.165) is 0 Å². The molecule has 6 atom stereocenters. The summed E-state index contributed by atoms with van der Waals surface area (Å²) < 4.78 is 32.5. The van der Waals surface area contributed by atoms with Gasteiger partial charge in [-0.1, -0.05) is 29.5 Å². The van der Waals surface area contributed by atoms with Crippen molar-refractivity contribution >= 4 is 30.4 Å². The van der Waals surface area contributed by atoms with Crippen molar-refractivity contribution in [2.24, 2.45) is 5.41 Å². The van der Waals surface area contributed by atoms with E-state index < -0.39 is 26.7 Å². The minimum Gasteiger partial charge on any atom is -0.380 e. The van der Waals surface area contributed by atoms with Crippen LogP contribution in [0.3, 0.4) is 0 Å². The standard InChI is InChI=1S/C9H10BF2IO/c1-7-2-8(7,12)3-9(13)4(11)5(10)14-6(7)9/h4-6H,2-3H2,1H3/t4-,5+,6+,7+,8+,9-/m0/s1. The molecule has 1 aliphatic heterocycles. The molecule has 0 aromatic rings. The summed E-state index contributed by atoms with van der Waals surface area (Å²) in [5, 5.41) is 0. The average molecular weight is 310 g/mol. The van der Waals surface area contributed by atoms with E-state index in [-0.39, 0.29) is 12.5 Å². The summed E-state index contributed by atoms with van der Waals surface area (Å²) in [6, 6.07) is -0.876. The molecule has 3 aliphatic rings. The van der Waals surface area contributed by atoms with Gasteiger partial charge in [-0.25, -0.2) is 8.78 Å². The lowest BCUT2D eigenvalue weighted by atomic mass is 9.86. The minimum atomic E-state index is -1.25. The number of alkyl halides is 3. The Bertz CT molecular complexity index is 317.